The number of ether oxygens (including phenoxy) is 2. The molecular formula is C24H22ClNO2. The molecule has 0 fully saturated rings. The van der Waals surface area contributed by atoms with E-state index >= 15 is 0 Å². The molecule has 0 heterocycles. The summed E-state index contributed by atoms with van der Waals surface area (Å²) in [6.45, 7) is 1.38. The number of halogens is 1. The Kier molecular flexibility index (Phi) is 5.38. The Morgan fingerprint density at radius 3 is 1.93 bits per heavy atom. The fraction of sp³-hybridized carbons (Fsp3) is 0.167. The monoisotopic (exact) mass is 391 g/mol. The first kappa shape index (κ1) is 18.6. The molecule has 28 heavy (non-hydrogen) atoms. The fourth-order valence-corrected chi connectivity index (χ4v) is 3.87. The van der Waals surface area contributed by atoms with Gasteiger partial charge in [0.05, 0.1) is 14.2 Å². The van der Waals surface area contributed by atoms with E-state index < -0.39 is 0 Å². The molecule has 0 spiro atoms. The maximum Gasteiger partial charge on any atom is 0.162 e. The average molecular weight is 392 g/mol. The summed E-state index contributed by atoms with van der Waals surface area (Å²) in [6, 6.07) is 23.0. The molecule has 4 rings (SSSR count). The number of fused-ring (bicyclic) bond motifs is 2. The lowest BCUT2D eigenvalue weighted by molar-refractivity contribution is 0.354. The van der Waals surface area contributed by atoms with Gasteiger partial charge in [-0.25, -0.2) is 0 Å². The highest BCUT2D eigenvalue weighted by atomic mass is 35.5. The molecule has 0 bridgehead atoms. The zero-order valence-electron chi connectivity index (χ0n) is 16.0. The van der Waals surface area contributed by atoms with E-state index in [2.05, 4.69) is 59.9 Å². The van der Waals surface area contributed by atoms with Crippen LogP contribution in [0.4, 0.5) is 0 Å². The summed E-state index contributed by atoms with van der Waals surface area (Å²) in [5.74, 6) is 1.32. The lowest BCUT2D eigenvalue weighted by Crippen LogP contribution is -2.14. The highest BCUT2D eigenvalue weighted by Crippen LogP contribution is 2.33. The first-order valence-electron chi connectivity index (χ1n) is 9.21. The van der Waals surface area contributed by atoms with Gasteiger partial charge in [0.2, 0.25) is 0 Å². The second-order valence-corrected chi connectivity index (χ2v) is 7.11. The van der Waals surface area contributed by atoms with Gasteiger partial charge in [-0.1, -0.05) is 60.1 Å². The second kappa shape index (κ2) is 8.09. The van der Waals surface area contributed by atoms with Crippen LogP contribution in [0.3, 0.4) is 0 Å². The standard InChI is InChI=1S/C24H22ClNO2/c1-27-23-12-18(22(25)13-24(23)28-2)14-26-15-21-19-9-5-3-7-16(19)11-17-8-4-6-10-20(17)21/h3-13,26H,14-15H2,1-2H3. The van der Waals surface area contributed by atoms with Gasteiger partial charge < -0.3 is 14.8 Å². The molecule has 0 aromatic heterocycles. The van der Waals surface area contributed by atoms with Crippen molar-refractivity contribution >= 4 is 33.1 Å². The molecule has 0 radical (unpaired) electrons. The van der Waals surface area contributed by atoms with Crippen molar-refractivity contribution in [2.24, 2.45) is 0 Å². The van der Waals surface area contributed by atoms with Crippen molar-refractivity contribution < 1.29 is 9.47 Å². The van der Waals surface area contributed by atoms with E-state index in [1.54, 1.807) is 20.3 Å². The predicted octanol–water partition coefficient (Wildman–Crippen LogP) is 5.95. The smallest absolute Gasteiger partial charge is 0.162 e. The minimum atomic E-state index is 0.635. The third-order valence-corrected chi connectivity index (χ3v) is 5.40. The molecule has 0 amide bonds. The van der Waals surface area contributed by atoms with Gasteiger partial charge in [-0.05, 0) is 44.8 Å². The zero-order valence-corrected chi connectivity index (χ0v) is 16.7. The van der Waals surface area contributed by atoms with Gasteiger partial charge in [-0.2, -0.15) is 0 Å². The van der Waals surface area contributed by atoms with E-state index in [0.29, 0.717) is 23.1 Å². The highest BCUT2D eigenvalue weighted by molar-refractivity contribution is 6.31. The molecule has 0 aliphatic rings. The van der Waals surface area contributed by atoms with Crippen molar-refractivity contribution in [3.8, 4) is 11.5 Å². The largest absolute Gasteiger partial charge is 0.493 e. The summed E-state index contributed by atoms with van der Waals surface area (Å²) < 4.78 is 10.7. The quantitative estimate of drug-likeness (QED) is 0.412. The number of benzene rings is 4. The summed E-state index contributed by atoms with van der Waals surface area (Å²) in [5.41, 5.74) is 2.27. The summed E-state index contributed by atoms with van der Waals surface area (Å²) in [5, 5.41) is 9.26. The van der Waals surface area contributed by atoms with E-state index in [4.69, 9.17) is 21.1 Å². The Bertz CT molecular complexity index is 1090. The summed E-state index contributed by atoms with van der Waals surface area (Å²) in [4.78, 5) is 0. The lowest BCUT2D eigenvalue weighted by atomic mass is 9.96. The Morgan fingerprint density at radius 2 is 1.32 bits per heavy atom. The third kappa shape index (κ3) is 3.51. The van der Waals surface area contributed by atoms with Crippen LogP contribution in [-0.2, 0) is 13.1 Å². The van der Waals surface area contributed by atoms with Crippen LogP contribution >= 0.6 is 11.6 Å². The molecule has 0 saturated heterocycles. The van der Waals surface area contributed by atoms with E-state index in [-0.39, 0.29) is 0 Å². The normalized spacial score (nSPS) is 11.1. The number of methoxy groups -OCH3 is 2. The van der Waals surface area contributed by atoms with Crippen molar-refractivity contribution in [3.63, 3.8) is 0 Å². The number of hydrogen-bond acceptors (Lipinski definition) is 3. The van der Waals surface area contributed by atoms with Crippen LogP contribution in [-0.4, -0.2) is 14.2 Å². The van der Waals surface area contributed by atoms with Crippen LogP contribution in [0, 0.1) is 0 Å². The predicted molar refractivity (Wildman–Crippen MR) is 117 cm³/mol. The van der Waals surface area contributed by atoms with E-state index in [1.165, 1.54) is 27.1 Å². The zero-order chi connectivity index (χ0) is 19.5. The van der Waals surface area contributed by atoms with E-state index in [1.807, 2.05) is 6.07 Å². The van der Waals surface area contributed by atoms with Gasteiger partial charge in [0.15, 0.2) is 11.5 Å². The van der Waals surface area contributed by atoms with Crippen LogP contribution in [0.1, 0.15) is 11.1 Å². The van der Waals surface area contributed by atoms with Crippen molar-refractivity contribution in [2.75, 3.05) is 14.2 Å². The maximum absolute atomic E-state index is 6.43. The third-order valence-electron chi connectivity index (χ3n) is 5.05. The topological polar surface area (TPSA) is 30.5 Å². The Hall–Kier alpha value is -2.75. The maximum atomic E-state index is 6.43. The molecule has 1 N–H and O–H groups in total. The molecule has 0 aliphatic carbocycles. The van der Waals surface area contributed by atoms with Crippen LogP contribution in [0.5, 0.6) is 11.5 Å². The van der Waals surface area contributed by atoms with Crippen LogP contribution in [0.15, 0.2) is 66.7 Å². The summed E-state index contributed by atoms with van der Waals surface area (Å²) in [7, 11) is 3.24. The van der Waals surface area contributed by atoms with E-state index in [9.17, 15) is 0 Å². The molecule has 0 atom stereocenters. The first-order chi connectivity index (χ1) is 13.7. The van der Waals surface area contributed by atoms with Gasteiger partial charge in [0.25, 0.3) is 0 Å². The highest BCUT2D eigenvalue weighted by Gasteiger charge is 2.11. The second-order valence-electron chi connectivity index (χ2n) is 6.70. The molecule has 0 saturated carbocycles. The average Bonchev–Trinajstić information content (AvgIpc) is 2.73. The van der Waals surface area contributed by atoms with Crippen LogP contribution in [0.2, 0.25) is 5.02 Å². The molecule has 4 aromatic rings. The van der Waals surface area contributed by atoms with Gasteiger partial charge in [0.1, 0.15) is 0 Å². The molecule has 3 nitrogen and oxygen atoms in total. The molecule has 0 unspecified atom stereocenters. The lowest BCUT2D eigenvalue weighted by Gasteiger charge is -2.14. The van der Waals surface area contributed by atoms with Crippen molar-refractivity contribution in [3.05, 3.63) is 82.9 Å². The number of rotatable bonds is 6. The minimum absolute atomic E-state index is 0.635. The van der Waals surface area contributed by atoms with Crippen molar-refractivity contribution in [1.29, 1.82) is 0 Å². The Morgan fingerprint density at radius 1 is 0.750 bits per heavy atom. The Labute approximate surface area is 169 Å². The molecule has 4 heteroatoms. The Balaban J connectivity index is 1.64. The number of nitrogens with one attached hydrogen (secondary N) is 1. The molecule has 4 aromatic carbocycles. The van der Waals surface area contributed by atoms with Crippen LogP contribution in [0.25, 0.3) is 21.5 Å². The molecular weight excluding hydrogens is 370 g/mol. The van der Waals surface area contributed by atoms with Gasteiger partial charge >= 0.3 is 0 Å². The molecule has 142 valence electrons. The van der Waals surface area contributed by atoms with Gasteiger partial charge in [-0.3, -0.25) is 0 Å². The first-order valence-corrected chi connectivity index (χ1v) is 9.59. The fourth-order valence-electron chi connectivity index (χ4n) is 3.65. The van der Waals surface area contributed by atoms with Gasteiger partial charge in [0, 0.05) is 24.2 Å². The minimum Gasteiger partial charge on any atom is -0.493 e. The van der Waals surface area contributed by atoms with Gasteiger partial charge in [-0.15, -0.1) is 0 Å². The van der Waals surface area contributed by atoms with Crippen molar-refractivity contribution in [1.82, 2.24) is 5.32 Å². The van der Waals surface area contributed by atoms with Crippen LogP contribution < -0.4 is 14.8 Å². The summed E-state index contributed by atoms with van der Waals surface area (Å²) in [6.07, 6.45) is 0. The van der Waals surface area contributed by atoms with Crippen molar-refractivity contribution in [2.45, 2.75) is 13.1 Å². The van der Waals surface area contributed by atoms with E-state index in [0.717, 1.165) is 12.1 Å². The molecule has 0 aliphatic heterocycles. The summed E-state index contributed by atoms with van der Waals surface area (Å²) >= 11 is 6.43. The SMILES string of the molecule is COc1cc(Cl)c(CNCc2c3ccccc3cc3ccccc23)cc1OC. The number of hydrogen-bond donors (Lipinski definition) is 1.